The van der Waals surface area contributed by atoms with E-state index in [1.54, 1.807) is 6.08 Å². The van der Waals surface area contributed by atoms with E-state index in [2.05, 4.69) is 0 Å². The number of ether oxygens (including phenoxy) is 2. The molecule has 8 heteroatoms. The van der Waals surface area contributed by atoms with E-state index in [9.17, 15) is 17.8 Å². The first-order valence-corrected chi connectivity index (χ1v) is 9.71. The van der Waals surface area contributed by atoms with Crippen molar-refractivity contribution in [2.75, 3.05) is 38.6 Å². The van der Waals surface area contributed by atoms with Crippen LogP contribution in [0.15, 0.2) is 30.3 Å². The quantitative estimate of drug-likeness (QED) is 0.537. The summed E-state index contributed by atoms with van der Waals surface area (Å²) < 4.78 is 44.2. The summed E-state index contributed by atoms with van der Waals surface area (Å²) in [5, 5.41) is 0. The second-order valence-corrected chi connectivity index (χ2v) is 7.61. The first-order chi connectivity index (χ1) is 11.9. The number of fused-ring (bicyclic) bond motifs is 1. The Morgan fingerprint density at radius 2 is 2.04 bits per heavy atom. The van der Waals surface area contributed by atoms with Gasteiger partial charge >= 0.3 is 5.97 Å². The molecule has 1 aliphatic heterocycles. The van der Waals surface area contributed by atoms with Gasteiger partial charge in [0.15, 0.2) is 0 Å². The van der Waals surface area contributed by atoms with Crippen molar-refractivity contribution in [3.63, 3.8) is 0 Å². The summed E-state index contributed by atoms with van der Waals surface area (Å²) in [5.74, 6) is -1.84. The second kappa shape index (κ2) is 7.65. The Morgan fingerprint density at radius 1 is 1.32 bits per heavy atom. The molecule has 1 aromatic carbocycles. The van der Waals surface area contributed by atoms with Crippen LogP contribution in [-0.2, 0) is 24.4 Å². The monoisotopic (exact) mass is 366 g/mol. The molecule has 1 aliphatic carbocycles. The van der Waals surface area contributed by atoms with Gasteiger partial charge < -0.3 is 14.0 Å². The molecule has 25 heavy (non-hydrogen) atoms. The zero-order valence-corrected chi connectivity index (χ0v) is 14.5. The SMILES string of the molecule is O=C(OC(CN1CCOCC1)CS(=O)(=O)[O-])C1C=Cc2ccccc21. The van der Waals surface area contributed by atoms with Crippen LogP contribution < -0.4 is 0 Å². The molecule has 136 valence electrons. The van der Waals surface area contributed by atoms with Crippen LogP contribution in [0.25, 0.3) is 6.08 Å². The van der Waals surface area contributed by atoms with Crippen molar-refractivity contribution in [3.8, 4) is 0 Å². The zero-order valence-electron chi connectivity index (χ0n) is 13.7. The highest BCUT2D eigenvalue weighted by Gasteiger charge is 2.29. The summed E-state index contributed by atoms with van der Waals surface area (Å²) in [6.07, 6.45) is 2.57. The fraction of sp³-hybridized carbons (Fsp3) is 0.471. The molecule has 1 saturated heterocycles. The number of hydrogen-bond donors (Lipinski definition) is 0. The van der Waals surface area contributed by atoms with Crippen LogP contribution in [0.5, 0.6) is 0 Å². The standard InChI is InChI=1S/C17H21NO6S/c19-17(16-6-5-13-3-1-2-4-15(13)16)24-14(12-25(20,21)22)11-18-7-9-23-10-8-18/h1-6,14,16H,7-12H2,(H,20,21,22)/p-1. The number of carbonyl (C=O) groups excluding carboxylic acids is 1. The minimum atomic E-state index is -4.51. The summed E-state index contributed by atoms with van der Waals surface area (Å²) in [5.41, 5.74) is 1.76. The maximum Gasteiger partial charge on any atom is 0.317 e. The normalized spacial score (nSPS) is 21.7. The molecule has 2 aliphatic rings. The Hall–Kier alpha value is -1.74. The number of benzene rings is 1. The molecule has 0 spiro atoms. The van der Waals surface area contributed by atoms with Crippen LogP contribution in [0.2, 0.25) is 0 Å². The first-order valence-electron chi connectivity index (χ1n) is 8.14. The van der Waals surface area contributed by atoms with Crippen molar-refractivity contribution in [2.24, 2.45) is 0 Å². The number of hydrogen-bond acceptors (Lipinski definition) is 7. The van der Waals surface area contributed by atoms with Gasteiger partial charge in [0.1, 0.15) is 12.0 Å². The molecular formula is C17H20NO6S-. The molecule has 1 heterocycles. The molecule has 2 atom stereocenters. The van der Waals surface area contributed by atoms with Crippen molar-refractivity contribution < 1.29 is 27.2 Å². The fourth-order valence-corrected chi connectivity index (χ4v) is 3.74. The predicted octanol–water partition coefficient (Wildman–Crippen LogP) is 0.586. The van der Waals surface area contributed by atoms with Gasteiger partial charge in [-0.2, -0.15) is 0 Å². The average Bonchev–Trinajstić information content (AvgIpc) is 2.98. The lowest BCUT2D eigenvalue weighted by Gasteiger charge is -2.31. The number of nitrogens with zero attached hydrogens (tertiary/aromatic N) is 1. The smallest absolute Gasteiger partial charge is 0.317 e. The lowest BCUT2D eigenvalue weighted by Crippen LogP contribution is -2.44. The van der Waals surface area contributed by atoms with Gasteiger partial charge in [0, 0.05) is 19.6 Å². The average molecular weight is 366 g/mol. The molecule has 0 saturated carbocycles. The topological polar surface area (TPSA) is 96.0 Å². The predicted molar refractivity (Wildman–Crippen MR) is 89.9 cm³/mol. The molecule has 0 bridgehead atoms. The number of morpholine rings is 1. The van der Waals surface area contributed by atoms with Crippen LogP contribution in [0.3, 0.4) is 0 Å². The van der Waals surface area contributed by atoms with Crippen LogP contribution in [0.1, 0.15) is 17.0 Å². The minimum Gasteiger partial charge on any atom is -0.748 e. The summed E-state index contributed by atoms with van der Waals surface area (Å²) in [6, 6.07) is 7.44. The summed E-state index contributed by atoms with van der Waals surface area (Å²) in [6.45, 7) is 2.49. The lowest BCUT2D eigenvalue weighted by molar-refractivity contribution is -0.149. The van der Waals surface area contributed by atoms with Gasteiger partial charge in [-0.25, -0.2) is 8.42 Å². The summed E-state index contributed by atoms with van der Waals surface area (Å²) >= 11 is 0. The largest absolute Gasteiger partial charge is 0.748 e. The van der Waals surface area contributed by atoms with Crippen LogP contribution >= 0.6 is 0 Å². The maximum absolute atomic E-state index is 12.5. The number of esters is 1. The van der Waals surface area contributed by atoms with Gasteiger partial charge in [0.05, 0.1) is 29.1 Å². The Bertz CT molecular complexity index is 754. The Labute approximate surface area is 147 Å². The van der Waals surface area contributed by atoms with Gasteiger partial charge in [0.2, 0.25) is 0 Å². The Balaban J connectivity index is 1.69. The van der Waals surface area contributed by atoms with Crippen molar-refractivity contribution in [3.05, 3.63) is 41.5 Å². The Kier molecular flexibility index (Phi) is 5.53. The van der Waals surface area contributed by atoms with Crippen molar-refractivity contribution in [2.45, 2.75) is 12.0 Å². The highest BCUT2D eigenvalue weighted by Crippen LogP contribution is 2.31. The maximum atomic E-state index is 12.5. The first kappa shape index (κ1) is 18.1. The molecule has 7 nitrogen and oxygen atoms in total. The summed E-state index contributed by atoms with van der Waals surface area (Å²) in [7, 11) is -4.51. The highest BCUT2D eigenvalue weighted by atomic mass is 32.2. The summed E-state index contributed by atoms with van der Waals surface area (Å²) in [4.78, 5) is 14.5. The van der Waals surface area contributed by atoms with E-state index in [1.165, 1.54) is 0 Å². The fourth-order valence-electron chi connectivity index (χ4n) is 3.12. The van der Waals surface area contributed by atoms with E-state index in [4.69, 9.17) is 9.47 Å². The van der Waals surface area contributed by atoms with Crippen molar-refractivity contribution in [1.82, 2.24) is 4.90 Å². The number of carbonyl (C=O) groups is 1. The second-order valence-electron chi connectivity index (χ2n) is 6.16. The van der Waals surface area contributed by atoms with Gasteiger partial charge in [-0.15, -0.1) is 0 Å². The molecular weight excluding hydrogens is 346 g/mol. The number of rotatable bonds is 6. The van der Waals surface area contributed by atoms with Gasteiger partial charge in [-0.1, -0.05) is 36.4 Å². The molecule has 3 rings (SSSR count). The van der Waals surface area contributed by atoms with Gasteiger partial charge in [-0.3, -0.25) is 9.69 Å². The molecule has 1 fully saturated rings. The van der Waals surface area contributed by atoms with Crippen molar-refractivity contribution >= 4 is 22.2 Å². The van der Waals surface area contributed by atoms with Crippen LogP contribution in [-0.4, -0.2) is 68.5 Å². The van der Waals surface area contributed by atoms with Crippen LogP contribution in [0.4, 0.5) is 0 Å². The van der Waals surface area contributed by atoms with E-state index in [0.717, 1.165) is 11.1 Å². The third kappa shape index (κ3) is 4.88. The van der Waals surface area contributed by atoms with Gasteiger partial charge in [-0.05, 0) is 11.1 Å². The van der Waals surface area contributed by atoms with E-state index in [1.807, 2.05) is 35.2 Å². The molecule has 0 amide bonds. The van der Waals surface area contributed by atoms with Crippen molar-refractivity contribution in [1.29, 1.82) is 0 Å². The lowest BCUT2D eigenvalue weighted by atomic mass is 10.0. The molecule has 0 N–H and O–H groups in total. The Morgan fingerprint density at radius 3 is 2.76 bits per heavy atom. The van der Waals surface area contributed by atoms with Gasteiger partial charge in [0.25, 0.3) is 0 Å². The van der Waals surface area contributed by atoms with E-state index in [0.29, 0.717) is 26.3 Å². The van der Waals surface area contributed by atoms with Crippen LogP contribution in [0, 0.1) is 0 Å². The van der Waals surface area contributed by atoms with E-state index >= 15 is 0 Å². The highest BCUT2D eigenvalue weighted by molar-refractivity contribution is 7.85. The van der Waals surface area contributed by atoms with E-state index in [-0.39, 0.29) is 6.54 Å². The molecule has 0 aromatic heterocycles. The van der Waals surface area contributed by atoms with E-state index < -0.39 is 33.9 Å². The minimum absolute atomic E-state index is 0.203. The third-order valence-corrected chi connectivity index (χ3v) is 5.07. The molecule has 1 aromatic rings. The molecule has 2 unspecified atom stereocenters. The molecule has 0 radical (unpaired) electrons. The zero-order chi connectivity index (χ0) is 17.9. The third-order valence-electron chi connectivity index (χ3n) is 4.29.